The third-order valence-corrected chi connectivity index (χ3v) is 6.23. The van der Waals surface area contributed by atoms with Crippen LogP contribution in [0.5, 0.6) is 0 Å². The summed E-state index contributed by atoms with van der Waals surface area (Å²) in [7, 11) is -5.71. The third-order valence-electron chi connectivity index (χ3n) is 5.21. The predicted octanol–water partition coefficient (Wildman–Crippen LogP) is 0.983. The fourth-order valence-corrected chi connectivity index (χ4v) is 5.48. The van der Waals surface area contributed by atoms with E-state index < -0.39 is 21.4 Å². The van der Waals surface area contributed by atoms with Crippen molar-refractivity contribution in [2.24, 2.45) is 23.2 Å². The number of carbonyl (C=O) groups excluding carboxylic acids is 1. The molecule has 0 spiro atoms. The Kier molecular flexibility index (Phi) is 6.32. The van der Waals surface area contributed by atoms with Crippen LogP contribution in [-0.2, 0) is 14.8 Å². The summed E-state index contributed by atoms with van der Waals surface area (Å²) >= 11 is 0. The SMILES string of the molecule is C.O=C(CC12CC3CC(CC(C3)C1)C2)[N-]S(=O)(=O)C(F)(F)F.[Na+]. The molecule has 4 fully saturated rings. The summed E-state index contributed by atoms with van der Waals surface area (Å²) in [4.78, 5) is 11.7. The van der Waals surface area contributed by atoms with Crippen molar-refractivity contribution in [3.8, 4) is 0 Å². The first kappa shape index (κ1) is 21.3. The zero-order chi connectivity index (χ0) is 15.5. The molecule has 0 aromatic heterocycles. The van der Waals surface area contributed by atoms with Gasteiger partial charge < -0.3 is 9.52 Å². The van der Waals surface area contributed by atoms with Gasteiger partial charge in [0.1, 0.15) is 0 Å². The normalized spacial score (nSPS) is 35.2. The molecule has 4 rings (SSSR count). The molecule has 0 saturated heterocycles. The number of sulfonamides is 1. The molecule has 0 N–H and O–H groups in total. The van der Waals surface area contributed by atoms with Crippen LogP contribution in [0.15, 0.2) is 0 Å². The summed E-state index contributed by atoms with van der Waals surface area (Å²) in [6.07, 6.45) is 5.75. The van der Waals surface area contributed by atoms with Crippen molar-refractivity contribution < 1.29 is 55.9 Å². The number of alkyl halides is 3. The smallest absolute Gasteiger partial charge is 0.538 e. The molecule has 128 valence electrons. The fraction of sp³-hybridized carbons (Fsp3) is 0.929. The molecular weight excluding hydrogens is 342 g/mol. The van der Waals surface area contributed by atoms with Gasteiger partial charge in [0.05, 0.1) is 5.91 Å². The van der Waals surface area contributed by atoms with Gasteiger partial charge in [-0.15, -0.1) is 0 Å². The molecular formula is C14H21F3NNaO3S. The second-order valence-corrected chi connectivity index (χ2v) is 8.60. The minimum absolute atomic E-state index is 0. The predicted molar refractivity (Wildman–Crippen MR) is 75.3 cm³/mol. The van der Waals surface area contributed by atoms with Gasteiger partial charge in [-0.3, -0.25) is 0 Å². The maximum absolute atomic E-state index is 12.3. The van der Waals surface area contributed by atoms with Crippen LogP contribution in [0, 0.1) is 23.2 Å². The Morgan fingerprint density at radius 2 is 1.43 bits per heavy atom. The van der Waals surface area contributed by atoms with Gasteiger partial charge in [-0.1, -0.05) is 7.43 Å². The largest absolute Gasteiger partial charge is 1.00 e. The molecule has 9 heteroatoms. The van der Waals surface area contributed by atoms with E-state index in [0.29, 0.717) is 17.8 Å². The minimum atomic E-state index is -5.71. The second kappa shape index (κ2) is 6.84. The molecule has 1 amide bonds. The number of hydrogen-bond acceptors (Lipinski definition) is 3. The molecule has 0 aliphatic heterocycles. The molecule has 0 radical (unpaired) electrons. The van der Waals surface area contributed by atoms with Crippen molar-refractivity contribution in [1.82, 2.24) is 0 Å². The summed E-state index contributed by atoms with van der Waals surface area (Å²) < 4.78 is 61.1. The molecule has 0 aromatic carbocycles. The maximum Gasteiger partial charge on any atom is 1.00 e. The third kappa shape index (κ3) is 4.25. The van der Waals surface area contributed by atoms with Crippen molar-refractivity contribution in [2.75, 3.05) is 0 Å². The molecule has 4 aliphatic rings. The van der Waals surface area contributed by atoms with Crippen LogP contribution >= 0.6 is 0 Å². The minimum Gasteiger partial charge on any atom is -0.538 e. The number of hydrogen-bond donors (Lipinski definition) is 0. The molecule has 0 atom stereocenters. The van der Waals surface area contributed by atoms with Crippen LogP contribution < -0.4 is 29.6 Å². The summed E-state index contributed by atoms with van der Waals surface area (Å²) in [5.74, 6) is 0.490. The summed E-state index contributed by atoms with van der Waals surface area (Å²) in [6, 6.07) is 0. The topological polar surface area (TPSA) is 65.3 Å². The first-order valence-electron chi connectivity index (χ1n) is 7.16. The fourth-order valence-electron chi connectivity index (χ4n) is 5.05. The van der Waals surface area contributed by atoms with Gasteiger partial charge in [0.25, 0.3) is 0 Å². The number of amides is 1. The van der Waals surface area contributed by atoms with Crippen molar-refractivity contribution in [3.05, 3.63) is 4.72 Å². The van der Waals surface area contributed by atoms with Crippen molar-refractivity contribution >= 4 is 15.9 Å². The van der Waals surface area contributed by atoms with E-state index >= 15 is 0 Å². The molecule has 4 bridgehead atoms. The van der Waals surface area contributed by atoms with Crippen LogP contribution in [-0.4, -0.2) is 19.8 Å². The summed E-state index contributed by atoms with van der Waals surface area (Å²) in [5, 5.41) is 0. The van der Waals surface area contributed by atoms with E-state index in [4.69, 9.17) is 0 Å². The van der Waals surface area contributed by atoms with E-state index in [1.807, 2.05) is 0 Å². The zero-order valence-electron chi connectivity index (χ0n) is 12.4. The average molecular weight is 363 g/mol. The van der Waals surface area contributed by atoms with E-state index in [-0.39, 0.29) is 48.8 Å². The summed E-state index contributed by atoms with van der Waals surface area (Å²) in [5.41, 5.74) is -5.80. The first-order valence-corrected chi connectivity index (χ1v) is 8.60. The molecule has 0 unspecified atom stereocenters. The molecule has 23 heavy (non-hydrogen) atoms. The Hall–Kier alpha value is 0.210. The monoisotopic (exact) mass is 363 g/mol. The van der Waals surface area contributed by atoms with Gasteiger partial charge in [0, 0.05) is 0 Å². The Morgan fingerprint density at radius 1 is 1.04 bits per heavy atom. The van der Waals surface area contributed by atoms with E-state index in [1.165, 1.54) is 0 Å². The van der Waals surface area contributed by atoms with Crippen molar-refractivity contribution in [1.29, 1.82) is 0 Å². The zero-order valence-corrected chi connectivity index (χ0v) is 15.2. The molecule has 0 heterocycles. The molecule has 0 aromatic rings. The summed E-state index contributed by atoms with van der Waals surface area (Å²) in [6.45, 7) is 0. The van der Waals surface area contributed by atoms with Crippen molar-refractivity contribution in [3.63, 3.8) is 0 Å². The Bertz CT molecular complexity index is 527. The van der Waals surface area contributed by atoms with Gasteiger partial charge in [0.15, 0.2) is 10.0 Å². The van der Waals surface area contributed by atoms with Crippen LogP contribution in [0.1, 0.15) is 52.4 Å². The van der Waals surface area contributed by atoms with Crippen LogP contribution in [0.4, 0.5) is 13.2 Å². The van der Waals surface area contributed by atoms with E-state index in [2.05, 4.69) is 4.72 Å². The molecule has 4 saturated carbocycles. The van der Waals surface area contributed by atoms with Gasteiger partial charge in [-0.05, 0) is 68.1 Å². The van der Waals surface area contributed by atoms with Crippen LogP contribution in [0.25, 0.3) is 4.72 Å². The second-order valence-electron chi connectivity index (χ2n) is 7.00. The standard InChI is InChI=1S/C13H18F3NO3S.CH4.Na/c14-13(15,16)21(19,20)17-11(18)7-12-4-8-1-9(5-12)3-10(2-8)6-12;;/h8-10H,1-7H2,(H,17,18);1H4;/q;;+1/p-1. The number of rotatable bonds is 3. The molecule has 4 aliphatic carbocycles. The van der Waals surface area contributed by atoms with Gasteiger partial charge in [-0.2, -0.15) is 13.2 Å². The Morgan fingerprint density at radius 3 is 1.78 bits per heavy atom. The number of carbonyl (C=O) groups is 1. The average Bonchev–Trinajstić information content (AvgIpc) is 2.22. The van der Waals surface area contributed by atoms with Gasteiger partial charge in [-0.25, -0.2) is 8.42 Å². The van der Waals surface area contributed by atoms with Crippen LogP contribution in [0.3, 0.4) is 0 Å². The Labute approximate surface area is 157 Å². The van der Waals surface area contributed by atoms with E-state index in [0.717, 1.165) is 38.5 Å². The maximum atomic E-state index is 12.3. The van der Waals surface area contributed by atoms with Crippen molar-refractivity contribution in [2.45, 2.75) is 57.9 Å². The number of halogens is 3. The molecule has 4 nitrogen and oxygen atoms in total. The van der Waals surface area contributed by atoms with E-state index in [9.17, 15) is 26.4 Å². The van der Waals surface area contributed by atoms with Crippen LogP contribution in [0.2, 0.25) is 0 Å². The Balaban J connectivity index is 0.00000132. The van der Waals surface area contributed by atoms with Gasteiger partial charge in [0.2, 0.25) is 0 Å². The first-order chi connectivity index (χ1) is 9.59. The quantitative estimate of drug-likeness (QED) is 0.703. The van der Waals surface area contributed by atoms with E-state index in [1.54, 1.807) is 0 Å². The number of nitrogens with zero attached hydrogens (tertiary/aromatic N) is 1. The van der Waals surface area contributed by atoms with Gasteiger partial charge >= 0.3 is 35.1 Å².